The van der Waals surface area contributed by atoms with Crippen molar-refractivity contribution in [2.45, 2.75) is 105 Å². The van der Waals surface area contributed by atoms with E-state index in [1.807, 2.05) is 58.2 Å². The highest BCUT2D eigenvalue weighted by atomic mass is 16.5. The van der Waals surface area contributed by atoms with E-state index in [0.717, 1.165) is 11.1 Å². The highest BCUT2D eigenvalue weighted by Gasteiger charge is 2.34. The summed E-state index contributed by atoms with van der Waals surface area (Å²) in [5.74, 6) is -2.46. The van der Waals surface area contributed by atoms with E-state index in [-0.39, 0.29) is 18.9 Å². The summed E-state index contributed by atoms with van der Waals surface area (Å²) in [4.78, 5) is 63.4. The molecule has 1 radical (unpaired) electrons. The number of benzene rings is 1. The monoisotopic (exact) mass is 559 g/mol. The summed E-state index contributed by atoms with van der Waals surface area (Å²) in [6.07, 6.45) is 2.05. The molecule has 0 bridgehead atoms. The molecule has 1 aromatic carbocycles. The van der Waals surface area contributed by atoms with Crippen molar-refractivity contribution < 1.29 is 28.7 Å². The van der Waals surface area contributed by atoms with Gasteiger partial charge in [0.1, 0.15) is 24.2 Å². The van der Waals surface area contributed by atoms with Gasteiger partial charge in [-0.25, -0.2) is 0 Å². The second-order valence-electron chi connectivity index (χ2n) is 12.5. The first-order chi connectivity index (χ1) is 18.4. The minimum absolute atomic E-state index is 0.0873. The zero-order valence-electron chi connectivity index (χ0n) is 25.6. The fourth-order valence-corrected chi connectivity index (χ4v) is 3.75. The summed E-state index contributed by atoms with van der Waals surface area (Å²) in [6, 6.07) is 3.54. The van der Waals surface area contributed by atoms with Crippen LogP contribution in [0.25, 0.3) is 0 Å². The number of aryl methyl sites for hydroxylation is 1. The Labute approximate surface area is 238 Å². The van der Waals surface area contributed by atoms with Gasteiger partial charge in [0, 0.05) is 13.3 Å². The molecule has 0 aromatic heterocycles. The van der Waals surface area contributed by atoms with Crippen LogP contribution >= 0.6 is 0 Å². The molecule has 0 aliphatic rings. The molecule has 0 aliphatic heterocycles. The Kier molecular flexibility index (Phi) is 13.0. The summed E-state index contributed by atoms with van der Waals surface area (Å²) >= 11 is 0. The molecule has 1 rings (SSSR count). The molecule has 0 saturated heterocycles. The lowest BCUT2D eigenvalue weighted by atomic mass is 9.87. The molecular weight excluding hydrogens is 512 g/mol. The normalized spacial score (nSPS) is 14.9. The number of nitrogens with one attached hydrogen (secondary N) is 4. The number of hydrogen-bond acceptors (Lipinski definition) is 6. The lowest BCUT2D eigenvalue weighted by Crippen LogP contribution is -2.60. The zero-order chi connectivity index (χ0) is 30.8. The fraction of sp³-hybridized carbons (Fsp3) is 0.633. The highest BCUT2D eigenvalue weighted by Crippen LogP contribution is 2.18. The number of carbonyl (C=O) groups excluding carboxylic acids is 5. The molecule has 1 aromatic rings. The van der Waals surface area contributed by atoms with Crippen LogP contribution in [-0.2, 0) is 35.1 Å². The third kappa shape index (κ3) is 11.9. The van der Waals surface area contributed by atoms with E-state index in [0.29, 0.717) is 0 Å². The van der Waals surface area contributed by atoms with E-state index in [4.69, 9.17) is 4.74 Å². The Morgan fingerprint density at radius 1 is 0.850 bits per heavy atom. The minimum atomic E-state index is -1.03. The van der Waals surface area contributed by atoms with Gasteiger partial charge in [-0.05, 0) is 50.2 Å². The van der Waals surface area contributed by atoms with E-state index in [1.54, 1.807) is 34.6 Å². The van der Waals surface area contributed by atoms with Crippen LogP contribution in [0.5, 0.6) is 0 Å². The summed E-state index contributed by atoms with van der Waals surface area (Å²) in [5, 5.41) is 10.8. The van der Waals surface area contributed by atoms with Crippen molar-refractivity contribution in [1.82, 2.24) is 21.3 Å². The van der Waals surface area contributed by atoms with E-state index in [1.165, 1.54) is 6.92 Å². The smallest absolute Gasteiger partial charge is 0.245 e. The molecule has 4 atom stereocenters. The van der Waals surface area contributed by atoms with Crippen LogP contribution in [0.4, 0.5) is 0 Å². The Morgan fingerprint density at radius 2 is 1.43 bits per heavy atom. The molecule has 223 valence electrons. The van der Waals surface area contributed by atoms with Crippen LogP contribution in [0.3, 0.4) is 0 Å². The van der Waals surface area contributed by atoms with Crippen molar-refractivity contribution in [2.75, 3.05) is 6.61 Å². The van der Waals surface area contributed by atoms with Gasteiger partial charge >= 0.3 is 0 Å². The molecule has 4 amide bonds. The van der Waals surface area contributed by atoms with Gasteiger partial charge in [0.25, 0.3) is 0 Å². The molecule has 0 aliphatic carbocycles. The first kappa shape index (κ1) is 34.8. The van der Waals surface area contributed by atoms with Gasteiger partial charge in [0.2, 0.25) is 29.9 Å². The fourth-order valence-electron chi connectivity index (χ4n) is 3.75. The Balaban J connectivity index is 3.22. The first-order valence-electron chi connectivity index (χ1n) is 13.6. The third-order valence-corrected chi connectivity index (χ3v) is 6.21. The first-order valence-corrected chi connectivity index (χ1v) is 13.6. The molecule has 0 unspecified atom stereocenters. The number of ether oxygens (including phenoxy) is 1. The largest absolute Gasteiger partial charge is 0.373 e. The van der Waals surface area contributed by atoms with E-state index < -0.39 is 58.8 Å². The number of rotatable bonds is 13. The van der Waals surface area contributed by atoms with Gasteiger partial charge in [-0.1, -0.05) is 58.9 Å². The molecular formula is C30H47N4O6. The minimum Gasteiger partial charge on any atom is -0.373 e. The number of amides is 4. The molecule has 0 heterocycles. The summed E-state index contributed by atoms with van der Waals surface area (Å²) in [6.45, 7) is 17.5. The number of hydrogen-bond donors (Lipinski definition) is 4. The zero-order valence-corrected chi connectivity index (χ0v) is 25.6. The standard InChI is InChI=1S/C30H47N4O6/c1-18(2)25(34-27(38)23(31-20(4)36)17-40-30(8,9)10)28(39)32-22(15-21-14-12-11-13-19(21)3)26(37)33-24(16-35)29(5,6)7/h11-14,18,22-25H,15,17H2,1-10H3,(H,31,36)(H,32,39)(H,33,37)(H,34,38)/t22-,23-,24+,25+/m0/s1. The van der Waals surface area contributed by atoms with Gasteiger partial charge < -0.3 is 26.0 Å². The van der Waals surface area contributed by atoms with Crippen LogP contribution in [0.15, 0.2) is 24.3 Å². The molecule has 4 N–H and O–H groups in total. The van der Waals surface area contributed by atoms with Crippen molar-refractivity contribution in [2.24, 2.45) is 11.3 Å². The quantitative estimate of drug-likeness (QED) is 0.292. The maximum atomic E-state index is 13.5. The lowest BCUT2D eigenvalue weighted by Gasteiger charge is -2.30. The molecule has 10 heteroatoms. The third-order valence-electron chi connectivity index (χ3n) is 6.21. The van der Waals surface area contributed by atoms with Gasteiger partial charge in [0.15, 0.2) is 0 Å². The van der Waals surface area contributed by atoms with Crippen LogP contribution in [0, 0.1) is 18.3 Å². The summed E-state index contributed by atoms with van der Waals surface area (Å²) in [7, 11) is 0. The average molecular weight is 560 g/mol. The maximum absolute atomic E-state index is 13.5. The van der Waals surface area contributed by atoms with Crippen LogP contribution in [0.1, 0.15) is 73.4 Å². The molecule has 0 spiro atoms. The SMILES string of the molecule is CC(=O)N[C@@H](COC(C)(C)C)C(=O)N[C@@H](C(=O)N[C@@H](Cc1ccccc1C)C(=O)N[C@H]([C]=O)C(C)(C)C)C(C)C. The van der Waals surface area contributed by atoms with E-state index in [2.05, 4.69) is 21.3 Å². The van der Waals surface area contributed by atoms with Crippen molar-refractivity contribution in [3.63, 3.8) is 0 Å². The van der Waals surface area contributed by atoms with Crippen molar-refractivity contribution in [3.8, 4) is 0 Å². The predicted molar refractivity (Wildman–Crippen MR) is 154 cm³/mol. The van der Waals surface area contributed by atoms with Crippen molar-refractivity contribution in [1.29, 1.82) is 0 Å². The lowest BCUT2D eigenvalue weighted by molar-refractivity contribution is -0.136. The molecule has 10 nitrogen and oxygen atoms in total. The Bertz CT molecular complexity index is 1040. The second-order valence-corrected chi connectivity index (χ2v) is 12.5. The van der Waals surface area contributed by atoms with Crippen LogP contribution in [-0.4, -0.2) is 66.3 Å². The average Bonchev–Trinajstić information content (AvgIpc) is 2.82. The van der Waals surface area contributed by atoms with Gasteiger partial charge in [-0.2, -0.15) is 0 Å². The topological polar surface area (TPSA) is 143 Å². The van der Waals surface area contributed by atoms with Crippen LogP contribution in [0.2, 0.25) is 0 Å². The van der Waals surface area contributed by atoms with E-state index in [9.17, 15) is 24.0 Å². The molecule has 0 saturated carbocycles. The maximum Gasteiger partial charge on any atom is 0.245 e. The summed E-state index contributed by atoms with van der Waals surface area (Å²) < 4.78 is 5.70. The Morgan fingerprint density at radius 3 is 1.90 bits per heavy atom. The number of carbonyl (C=O) groups is 4. The highest BCUT2D eigenvalue weighted by molar-refractivity contribution is 5.94. The van der Waals surface area contributed by atoms with Crippen molar-refractivity contribution >= 4 is 29.9 Å². The molecule has 40 heavy (non-hydrogen) atoms. The predicted octanol–water partition coefficient (Wildman–Crippen LogP) is 2.12. The van der Waals surface area contributed by atoms with Crippen molar-refractivity contribution in [3.05, 3.63) is 35.4 Å². The van der Waals surface area contributed by atoms with Gasteiger partial charge in [-0.15, -0.1) is 0 Å². The summed E-state index contributed by atoms with van der Waals surface area (Å²) in [5.41, 5.74) is 0.651. The van der Waals surface area contributed by atoms with E-state index >= 15 is 0 Å². The second kappa shape index (κ2) is 14.9. The molecule has 0 fully saturated rings. The van der Waals surface area contributed by atoms with Gasteiger partial charge in [-0.3, -0.25) is 24.0 Å². The van der Waals surface area contributed by atoms with Crippen LogP contribution < -0.4 is 21.3 Å². The Hall–Kier alpha value is -3.27. The van der Waals surface area contributed by atoms with Gasteiger partial charge in [0.05, 0.1) is 12.2 Å².